The van der Waals surface area contributed by atoms with E-state index in [1.165, 1.54) is 12.8 Å². The number of nitrogens with two attached hydrogens (primary N) is 1. The largest absolute Gasteiger partial charge is 0.493 e. The van der Waals surface area contributed by atoms with Crippen molar-refractivity contribution in [3.05, 3.63) is 29.5 Å². The number of rotatable bonds is 7. The van der Waals surface area contributed by atoms with Gasteiger partial charge in [0.05, 0.1) is 28.9 Å². The van der Waals surface area contributed by atoms with Gasteiger partial charge in [0, 0.05) is 0 Å². The Morgan fingerprint density at radius 1 is 1.32 bits per heavy atom. The third-order valence-electron chi connectivity index (χ3n) is 3.66. The molecule has 0 bridgehead atoms. The number of benzene rings is 1. The van der Waals surface area contributed by atoms with Crippen molar-refractivity contribution in [2.24, 2.45) is 0 Å². The van der Waals surface area contributed by atoms with Crippen molar-refractivity contribution in [3.8, 4) is 5.75 Å². The van der Waals surface area contributed by atoms with Gasteiger partial charge in [-0.1, -0.05) is 32.3 Å². The molecule has 0 saturated carbocycles. The first-order valence-electron chi connectivity index (χ1n) is 7.61. The molecule has 0 amide bonds. The zero-order valence-electron chi connectivity index (χ0n) is 13.1. The molecule has 118 valence electrons. The lowest BCUT2D eigenvalue weighted by Crippen LogP contribution is -2.09. The highest BCUT2D eigenvalue weighted by atomic mass is 16.5. The summed E-state index contributed by atoms with van der Waals surface area (Å²) in [6.07, 6.45) is 4.45. The van der Waals surface area contributed by atoms with Crippen LogP contribution in [0, 0.1) is 6.92 Å². The quantitative estimate of drug-likeness (QED) is 0.760. The first-order chi connectivity index (χ1) is 10.6. The molecule has 3 N–H and O–H groups in total. The van der Waals surface area contributed by atoms with Gasteiger partial charge in [-0.05, 0) is 25.5 Å². The Kier molecular flexibility index (Phi) is 5.20. The number of hydrogen-bond acceptors (Lipinski definition) is 4. The number of aryl methyl sites for hydroxylation is 1. The molecule has 0 aliphatic carbocycles. The van der Waals surface area contributed by atoms with E-state index in [9.17, 15) is 9.90 Å². The van der Waals surface area contributed by atoms with Gasteiger partial charge in [0.1, 0.15) is 11.3 Å². The lowest BCUT2D eigenvalue weighted by molar-refractivity contribution is 0.0697. The minimum Gasteiger partial charge on any atom is -0.493 e. The molecular weight excluding hydrogens is 280 g/mol. The van der Waals surface area contributed by atoms with E-state index in [-0.39, 0.29) is 11.3 Å². The van der Waals surface area contributed by atoms with Gasteiger partial charge in [-0.25, -0.2) is 4.79 Å². The molecule has 2 rings (SSSR count). The van der Waals surface area contributed by atoms with Gasteiger partial charge in [0.25, 0.3) is 0 Å². The first-order valence-corrected chi connectivity index (χ1v) is 7.61. The molecule has 5 heteroatoms. The lowest BCUT2D eigenvalue weighted by Gasteiger charge is -2.13. The van der Waals surface area contributed by atoms with Crippen LogP contribution in [0.1, 0.15) is 48.7 Å². The number of nitrogen functional groups attached to an aromatic ring is 1. The molecule has 0 fully saturated rings. The molecule has 5 nitrogen and oxygen atoms in total. The Balaban J connectivity index is 2.34. The molecule has 0 saturated heterocycles. The molecule has 1 heterocycles. The molecule has 0 spiro atoms. The summed E-state index contributed by atoms with van der Waals surface area (Å²) >= 11 is 0. The Bertz CT molecular complexity index is 683. The number of fused-ring (bicyclic) bond motifs is 1. The van der Waals surface area contributed by atoms with Crippen LogP contribution >= 0.6 is 0 Å². The minimum absolute atomic E-state index is 0.0505. The van der Waals surface area contributed by atoms with E-state index in [0.717, 1.165) is 12.8 Å². The Morgan fingerprint density at radius 3 is 2.77 bits per heavy atom. The Hall–Kier alpha value is -2.30. The van der Waals surface area contributed by atoms with Crippen molar-refractivity contribution in [1.29, 1.82) is 0 Å². The van der Waals surface area contributed by atoms with Gasteiger partial charge < -0.3 is 15.6 Å². The number of pyridine rings is 1. The molecule has 1 aromatic heterocycles. The van der Waals surface area contributed by atoms with E-state index in [2.05, 4.69) is 11.9 Å². The van der Waals surface area contributed by atoms with E-state index in [1.807, 2.05) is 12.1 Å². The number of carboxylic acid groups (broad SMARTS) is 1. The number of carboxylic acids is 1. The number of carbonyl (C=O) groups is 1. The zero-order valence-corrected chi connectivity index (χ0v) is 13.1. The second kappa shape index (κ2) is 7.11. The zero-order chi connectivity index (χ0) is 16.1. The smallest absolute Gasteiger partial charge is 0.339 e. The van der Waals surface area contributed by atoms with Gasteiger partial charge in [-0.3, -0.25) is 4.98 Å². The topological polar surface area (TPSA) is 85.4 Å². The van der Waals surface area contributed by atoms with E-state index in [4.69, 9.17) is 10.5 Å². The number of aromatic carboxylic acids is 1. The van der Waals surface area contributed by atoms with Crippen molar-refractivity contribution in [2.75, 3.05) is 12.3 Å². The second-order valence-electron chi connectivity index (χ2n) is 5.35. The third kappa shape index (κ3) is 3.30. The standard InChI is InChI=1S/C17H22N2O3/c1-3-4-5-6-10-22-13-9-7-8-12-15(13)16(18)14(17(20)21)11(2)19-12/h7-9H,3-6,10H2,1-2H3,(H2,18,19)(H,20,21). The fraction of sp³-hybridized carbons (Fsp3) is 0.412. The highest BCUT2D eigenvalue weighted by Gasteiger charge is 2.18. The van der Waals surface area contributed by atoms with E-state index < -0.39 is 5.97 Å². The number of unbranched alkanes of at least 4 members (excludes halogenated alkanes) is 3. The highest BCUT2D eigenvalue weighted by Crippen LogP contribution is 2.33. The maximum Gasteiger partial charge on any atom is 0.339 e. The number of hydrogen-bond donors (Lipinski definition) is 2. The molecule has 0 aliphatic rings. The molecule has 0 atom stereocenters. The van der Waals surface area contributed by atoms with Crippen LogP contribution in [0.15, 0.2) is 18.2 Å². The van der Waals surface area contributed by atoms with Crippen molar-refractivity contribution in [1.82, 2.24) is 4.98 Å². The fourth-order valence-electron chi connectivity index (χ4n) is 2.54. The summed E-state index contributed by atoms with van der Waals surface area (Å²) in [5, 5.41) is 9.89. The van der Waals surface area contributed by atoms with Crippen LogP contribution in [0.25, 0.3) is 10.9 Å². The molecule has 0 unspecified atom stereocenters. The van der Waals surface area contributed by atoms with Crippen LogP contribution in [0.4, 0.5) is 5.69 Å². The van der Waals surface area contributed by atoms with Crippen LogP contribution in [-0.4, -0.2) is 22.7 Å². The Labute approximate surface area is 130 Å². The summed E-state index contributed by atoms with van der Waals surface area (Å²) < 4.78 is 5.81. The van der Waals surface area contributed by atoms with Crippen LogP contribution in [0.5, 0.6) is 5.75 Å². The van der Waals surface area contributed by atoms with Crippen LogP contribution < -0.4 is 10.5 Å². The summed E-state index contributed by atoms with van der Waals surface area (Å²) in [5.41, 5.74) is 7.42. The van der Waals surface area contributed by atoms with Gasteiger partial charge in [0.15, 0.2) is 0 Å². The van der Waals surface area contributed by atoms with Gasteiger partial charge in [-0.15, -0.1) is 0 Å². The summed E-state index contributed by atoms with van der Waals surface area (Å²) in [6.45, 7) is 4.40. The normalized spacial score (nSPS) is 10.8. The summed E-state index contributed by atoms with van der Waals surface area (Å²) in [5.74, 6) is -0.469. The first kappa shape index (κ1) is 16.1. The SMILES string of the molecule is CCCCCCOc1cccc2nc(C)c(C(=O)O)c(N)c12. The number of aromatic nitrogens is 1. The number of ether oxygens (including phenoxy) is 1. The maximum atomic E-state index is 11.4. The minimum atomic E-state index is -1.07. The van der Waals surface area contributed by atoms with E-state index >= 15 is 0 Å². The second-order valence-corrected chi connectivity index (χ2v) is 5.35. The number of nitrogens with zero attached hydrogens (tertiary/aromatic N) is 1. The van der Waals surface area contributed by atoms with Crippen LogP contribution in [0.2, 0.25) is 0 Å². The summed E-state index contributed by atoms with van der Waals surface area (Å²) in [4.78, 5) is 15.7. The fourth-order valence-corrected chi connectivity index (χ4v) is 2.54. The summed E-state index contributed by atoms with van der Waals surface area (Å²) in [7, 11) is 0. The van der Waals surface area contributed by atoms with Crippen LogP contribution in [-0.2, 0) is 0 Å². The molecule has 1 aromatic carbocycles. The van der Waals surface area contributed by atoms with Crippen molar-refractivity contribution in [3.63, 3.8) is 0 Å². The third-order valence-corrected chi connectivity index (χ3v) is 3.66. The molecule has 0 radical (unpaired) electrons. The van der Waals surface area contributed by atoms with Crippen LogP contribution in [0.3, 0.4) is 0 Å². The lowest BCUT2D eigenvalue weighted by atomic mass is 10.1. The van der Waals surface area contributed by atoms with E-state index in [1.54, 1.807) is 13.0 Å². The van der Waals surface area contributed by atoms with Crippen molar-refractivity contribution < 1.29 is 14.6 Å². The predicted molar refractivity (Wildman–Crippen MR) is 87.5 cm³/mol. The maximum absolute atomic E-state index is 11.4. The predicted octanol–water partition coefficient (Wildman–Crippen LogP) is 3.78. The van der Waals surface area contributed by atoms with Gasteiger partial charge in [-0.2, -0.15) is 0 Å². The summed E-state index contributed by atoms with van der Waals surface area (Å²) in [6, 6.07) is 5.46. The Morgan fingerprint density at radius 2 is 2.09 bits per heavy atom. The van der Waals surface area contributed by atoms with E-state index in [0.29, 0.717) is 29.0 Å². The van der Waals surface area contributed by atoms with Crippen molar-refractivity contribution in [2.45, 2.75) is 39.5 Å². The van der Waals surface area contributed by atoms with Gasteiger partial charge >= 0.3 is 5.97 Å². The monoisotopic (exact) mass is 302 g/mol. The molecule has 2 aromatic rings. The molecule has 22 heavy (non-hydrogen) atoms. The number of anilines is 1. The average Bonchev–Trinajstić information content (AvgIpc) is 2.46. The van der Waals surface area contributed by atoms with Crippen molar-refractivity contribution >= 4 is 22.6 Å². The molecular formula is C17H22N2O3. The average molecular weight is 302 g/mol. The molecule has 0 aliphatic heterocycles. The van der Waals surface area contributed by atoms with Gasteiger partial charge in [0.2, 0.25) is 0 Å². The highest BCUT2D eigenvalue weighted by molar-refractivity contribution is 6.06.